The summed E-state index contributed by atoms with van der Waals surface area (Å²) in [7, 11) is -2.42. The van der Waals surface area contributed by atoms with Gasteiger partial charge in [0.1, 0.15) is 6.26 Å². The quantitative estimate of drug-likeness (QED) is 0.845. The Labute approximate surface area is 123 Å². The Balaban J connectivity index is 2.23. The summed E-state index contributed by atoms with van der Waals surface area (Å²) in [5.41, 5.74) is -2.13. The van der Waals surface area contributed by atoms with E-state index in [-0.39, 0.29) is 5.56 Å². The van der Waals surface area contributed by atoms with Crippen molar-refractivity contribution in [1.82, 2.24) is 9.72 Å². The van der Waals surface area contributed by atoms with E-state index in [0.29, 0.717) is 6.26 Å². The van der Waals surface area contributed by atoms with E-state index < -0.39 is 44.3 Å². The van der Waals surface area contributed by atoms with Gasteiger partial charge in [0.05, 0.1) is 11.5 Å². The Hall–Kier alpha value is -2.10. The number of hydrogen-bond donors (Lipinski definition) is 0. The maximum Gasteiger partial charge on any atom is 0.437 e. The molecule has 0 bridgehead atoms. The van der Waals surface area contributed by atoms with E-state index in [1.54, 1.807) is 0 Å². The normalized spacial score (nSPS) is 12.5. The predicted octanol–water partition coefficient (Wildman–Crippen LogP) is 1.51. The second kappa shape index (κ2) is 5.59. The lowest BCUT2D eigenvalue weighted by Crippen LogP contribution is -2.17. The van der Waals surface area contributed by atoms with Crippen molar-refractivity contribution in [2.24, 2.45) is 7.05 Å². The molecule has 0 atom stereocenters. The lowest BCUT2D eigenvalue weighted by molar-refractivity contribution is -0.143. The first-order chi connectivity index (χ1) is 10.1. The summed E-state index contributed by atoms with van der Waals surface area (Å²) < 4.78 is 67.3. The number of aryl methyl sites for hydroxylation is 1. The molecule has 2 heterocycles. The molecular weight excluding hydrogens is 325 g/mol. The molecule has 10 heteroatoms. The fourth-order valence-corrected chi connectivity index (χ4v) is 3.28. The minimum Gasteiger partial charge on any atom is -0.364 e. The molecule has 0 saturated heterocycles. The Morgan fingerprint density at radius 3 is 2.59 bits per heavy atom. The second-order valence-electron chi connectivity index (χ2n) is 4.70. The zero-order valence-corrected chi connectivity index (χ0v) is 12.1. The summed E-state index contributed by atoms with van der Waals surface area (Å²) in [6.07, 6.45) is -2.75. The van der Waals surface area contributed by atoms with Crippen molar-refractivity contribution in [1.29, 1.82) is 0 Å². The summed E-state index contributed by atoms with van der Waals surface area (Å²) in [6.45, 7) is 0. The molecule has 0 spiro atoms. The topological polar surface area (TPSA) is 82.2 Å². The zero-order chi connectivity index (χ0) is 16.5. The van der Waals surface area contributed by atoms with Crippen LogP contribution in [0.1, 0.15) is 16.8 Å². The maximum absolute atomic E-state index is 12.6. The van der Waals surface area contributed by atoms with E-state index in [1.807, 2.05) is 0 Å². The van der Waals surface area contributed by atoms with Gasteiger partial charge < -0.3 is 9.09 Å². The van der Waals surface area contributed by atoms with Crippen molar-refractivity contribution >= 4 is 9.84 Å². The Kier molecular flexibility index (Phi) is 4.14. The molecule has 0 aliphatic heterocycles. The van der Waals surface area contributed by atoms with Crippen LogP contribution in [0.15, 0.2) is 33.9 Å². The third-order valence-electron chi connectivity index (χ3n) is 2.84. The van der Waals surface area contributed by atoms with E-state index in [9.17, 15) is 26.4 Å². The Morgan fingerprint density at radius 2 is 2.00 bits per heavy atom. The van der Waals surface area contributed by atoms with Crippen LogP contribution in [0, 0.1) is 0 Å². The number of alkyl halides is 3. The molecule has 6 nitrogen and oxygen atoms in total. The minimum atomic E-state index is -4.79. The smallest absolute Gasteiger partial charge is 0.364 e. The standard InChI is InChI=1S/C12H11F3N2O4S/c1-17-3-2-8(4-10(17)18)6-22(19,20)7-9-5-21-16-11(9)12(13,14)15/h2-5H,6-7H2,1H3. The second-order valence-corrected chi connectivity index (χ2v) is 6.77. The zero-order valence-electron chi connectivity index (χ0n) is 11.3. The fraction of sp³-hybridized carbons (Fsp3) is 0.333. The molecule has 0 aromatic carbocycles. The number of aromatic nitrogens is 2. The van der Waals surface area contributed by atoms with Crippen LogP contribution in [0.3, 0.4) is 0 Å². The molecule has 0 aliphatic rings. The highest BCUT2D eigenvalue weighted by atomic mass is 32.2. The van der Waals surface area contributed by atoms with Crippen molar-refractivity contribution < 1.29 is 26.1 Å². The molecule has 0 N–H and O–H groups in total. The molecule has 0 aliphatic carbocycles. The van der Waals surface area contributed by atoms with E-state index in [4.69, 9.17) is 0 Å². The lowest BCUT2D eigenvalue weighted by atomic mass is 10.3. The number of rotatable bonds is 4. The van der Waals surface area contributed by atoms with Crippen LogP contribution < -0.4 is 5.56 Å². The van der Waals surface area contributed by atoms with Crippen LogP contribution in [-0.2, 0) is 34.6 Å². The van der Waals surface area contributed by atoms with E-state index in [0.717, 1.165) is 6.07 Å². The number of pyridine rings is 1. The van der Waals surface area contributed by atoms with Crippen LogP contribution >= 0.6 is 0 Å². The van der Waals surface area contributed by atoms with E-state index in [1.165, 1.54) is 23.9 Å². The first kappa shape index (κ1) is 16.3. The largest absolute Gasteiger partial charge is 0.437 e. The predicted molar refractivity (Wildman–Crippen MR) is 69.5 cm³/mol. The molecule has 0 amide bonds. The van der Waals surface area contributed by atoms with Gasteiger partial charge in [0.15, 0.2) is 15.5 Å². The first-order valence-corrected chi connectivity index (χ1v) is 7.77. The van der Waals surface area contributed by atoms with Gasteiger partial charge in [0.2, 0.25) is 0 Å². The molecular formula is C12H11F3N2O4S. The van der Waals surface area contributed by atoms with Gasteiger partial charge in [-0.1, -0.05) is 5.16 Å². The average molecular weight is 336 g/mol. The van der Waals surface area contributed by atoms with Gasteiger partial charge in [-0.2, -0.15) is 13.2 Å². The van der Waals surface area contributed by atoms with Crippen LogP contribution in [0.2, 0.25) is 0 Å². The molecule has 2 rings (SSSR count). The third kappa shape index (κ3) is 3.75. The SMILES string of the molecule is Cn1ccc(CS(=O)(=O)Cc2conc2C(F)(F)F)cc1=O. The molecule has 0 fully saturated rings. The van der Waals surface area contributed by atoms with Crippen LogP contribution in [0.5, 0.6) is 0 Å². The minimum absolute atomic E-state index is 0.202. The van der Waals surface area contributed by atoms with Crippen LogP contribution in [0.4, 0.5) is 13.2 Å². The Morgan fingerprint density at radius 1 is 1.32 bits per heavy atom. The molecule has 0 saturated carbocycles. The van der Waals surface area contributed by atoms with Gasteiger partial charge in [-0.05, 0) is 11.6 Å². The molecule has 0 unspecified atom stereocenters. The number of sulfone groups is 1. The van der Waals surface area contributed by atoms with E-state index in [2.05, 4.69) is 9.68 Å². The average Bonchev–Trinajstić information content (AvgIpc) is 2.80. The summed E-state index contributed by atoms with van der Waals surface area (Å²) in [5.74, 6) is -1.42. The summed E-state index contributed by atoms with van der Waals surface area (Å²) in [6, 6.07) is 2.53. The highest BCUT2D eigenvalue weighted by Gasteiger charge is 2.38. The van der Waals surface area contributed by atoms with Gasteiger partial charge in [-0.15, -0.1) is 0 Å². The van der Waals surface area contributed by atoms with Gasteiger partial charge in [-0.3, -0.25) is 4.79 Å². The lowest BCUT2D eigenvalue weighted by Gasteiger charge is -2.07. The molecule has 120 valence electrons. The summed E-state index contributed by atoms with van der Waals surface area (Å²) >= 11 is 0. The highest BCUT2D eigenvalue weighted by molar-refractivity contribution is 7.89. The fourth-order valence-electron chi connectivity index (χ4n) is 1.81. The molecule has 2 aromatic heterocycles. The number of nitrogens with zero attached hydrogens (tertiary/aromatic N) is 2. The van der Waals surface area contributed by atoms with Gasteiger partial charge >= 0.3 is 6.18 Å². The van der Waals surface area contributed by atoms with Crippen molar-refractivity contribution in [3.05, 3.63) is 51.8 Å². The summed E-state index contributed by atoms with van der Waals surface area (Å²) in [5, 5.41) is 2.79. The van der Waals surface area contributed by atoms with Crippen LogP contribution in [0.25, 0.3) is 0 Å². The third-order valence-corrected chi connectivity index (χ3v) is 4.37. The van der Waals surface area contributed by atoms with Crippen molar-refractivity contribution in [3.63, 3.8) is 0 Å². The number of hydrogen-bond acceptors (Lipinski definition) is 5. The monoisotopic (exact) mass is 336 g/mol. The molecule has 2 aromatic rings. The van der Waals surface area contributed by atoms with Crippen molar-refractivity contribution in [2.75, 3.05) is 0 Å². The summed E-state index contributed by atoms with van der Waals surface area (Å²) in [4.78, 5) is 11.4. The van der Waals surface area contributed by atoms with Crippen molar-refractivity contribution in [3.8, 4) is 0 Å². The Bertz CT molecular complexity index is 837. The first-order valence-electron chi connectivity index (χ1n) is 5.95. The number of halogens is 3. The molecule has 22 heavy (non-hydrogen) atoms. The maximum atomic E-state index is 12.6. The van der Waals surface area contributed by atoms with Gasteiger partial charge in [-0.25, -0.2) is 8.42 Å². The van der Waals surface area contributed by atoms with Gasteiger partial charge in [0, 0.05) is 24.9 Å². The molecule has 0 radical (unpaired) electrons. The highest BCUT2D eigenvalue weighted by Crippen LogP contribution is 2.31. The van der Waals surface area contributed by atoms with E-state index >= 15 is 0 Å². The van der Waals surface area contributed by atoms with Crippen LogP contribution in [-0.4, -0.2) is 18.1 Å². The van der Waals surface area contributed by atoms with Crippen molar-refractivity contribution in [2.45, 2.75) is 17.7 Å². The van der Waals surface area contributed by atoms with Gasteiger partial charge in [0.25, 0.3) is 5.56 Å².